The minimum Gasteiger partial charge on any atom is -0.497 e. The minimum absolute atomic E-state index is 0.362. The van der Waals surface area contributed by atoms with Crippen LogP contribution in [0.15, 0.2) is 28.7 Å². The monoisotopic (exact) mass is 315 g/mol. The van der Waals surface area contributed by atoms with Crippen molar-refractivity contribution < 1.29 is 8.95 Å². The molecule has 0 N–H and O–H groups in total. The van der Waals surface area contributed by atoms with Crippen molar-refractivity contribution in [2.24, 2.45) is 4.40 Å². The smallest absolute Gasteiger partial charge is 0.145 e. The minimum atomic E-state index is -1.26. The van der Waals surface area contributed by atoms with Gasteiger partial charge in [0.2, 0.25) is 0 Å². The normalized spacial score (nSPS) is 14.2. The van der Waals surface area contributed by atoms with Gasteiger partial charge in [-0.3, -0.25) is 0 Å². The van der Waals surface area contributed by atoms with Crippen LogP contribution < -0.4 is 4.74 Å². The lowest BCUT2D eigenvalue weighted by Crippen LogP contribution is -2.21. The molecule has 0 aliphatic heterocycles. The molecule has 1 unspecified atom stereocenters. The van der Waals surface area contributed by atoms with Gasteiger partial charge in [0.15, 0.2) is 0 Å². The molecule has 0 aromatic heterocycles. The zero-order chi connectivity index (χ0) is 15.2. The van der Waals surface area contributed by atoms with E-state index in [2.05, 4.69) is 4.40 Å². The topological polar surface area (TPSA) is 38.7 Å². The first-order valence-electron chi connectivity index (χ1n) is 6.58. The number of hydrogen-bond acceptors (Lipinski definition) is 2. The first kappa shape index (κ1) is 17.2. The van der Waals surface area contributed by atoms with Crippen molar-refractivity contribution in [3.63, 3.8) is 0 Å². The fourth-order valence-corrected chi connectivity index (χ4v) is 2.30. The number of hydrogen-bond donors (Lipinski definition) is 0. The quantitative estimate of drug-likeness (QED) is 0.588. The van der Waals surface area contributed by atoms with Crippen molar-refractivity contribution in [1.82, 2.24) is 0 Å². The Labute approximate surface area is 129 Å². The van der Waals surface area contributed by atoms with Crippen LogP contribution in [0, 0.1) is 0 Å². The van der Waals surface area contributed by atoms with Gasteiger partial charge in [0, 0.05) is 5.88 Å². The van der Waals surface area contributed by atoms with Gasteiger partial charge in [-0.25, -0.2) is 4.21 Å². The zero-order valence-electron chi connectivity index (χ0n) is 12.5. The number of ether oxygens (including phenoxy) is 1. The number of nitrogens with zero attached hydrogens (tertiary/aromatic N) is 1. The zero-order valence-corrected chi connectivity index (χ0v) is 14.1. The summed E-state index contributed by atoms with van der Waals surface area (Å²) >= 11 is 5.76. The molecule has 112 valence electrons. The molecular formula is C15H22ClNO2S. The maximum absolute atomic E-state index is 12.2. The van der Waals surface area contributed by atoms with E-state index in [-0.39, 0.29) is 4.75 Å². The molecule has 0 amide bonds. The molecule has 0 radical (unpaired) electrons. The van der Waals surface area contributed by atoms with Crippen LogP contribution in [-0.2, 0) is 11.0 Å². The summed E-state index contributed by atoms with van der Waals surface area (Å²) in [6.07, 6.45) is 1.53. The largest absolute Gasteiger partial charge is 0.497 e. The molecule has 1 rings (SSSR count). The van der Waals surface area contributed by atoms with Gasteiger partial charge in [0.25, 0.3) is 0 Å². The molecular weight excluding hydrogens is 294 g/mol. The summed E-state index contributed by atoms with van der Waals surface area (Å²) in [5, 5.41) is 0. The Morgan fingerprint density at radius 3 is 2.35 bits per heavy atom. The maximum Gasteiger partial charge on any atom is 0.145 e. The second kappa shape index (κ2) is 7.79. The highest BCUT2D eigenvalue weighted by atomic mass is 35.5. The summed E-state index contributed by atoms with van der Waals surface area (Å²) in [7, 11) is 0.366. The third-order valence-electron chi connectivity index (χ3n) is 2.69. The van der Waals surface area contributed by atoms with E-state index in [0.29, 0.717) is 5.88 Å². The Morgan fingerprint density at radius 1 is 1.30 bits per heavy atom. The van der Waals surface area contributed by atoms with Gasteiger partial charge in [-0.2, -0.15) is 4.40 Å². The van der Waals surface area contributed by atoms with E-state index in [1.807, 2.05) is 45.0 Å². The summed E-state index contributed by atoms with van der Waals surface area (Å²) in [5.41, 5.74) is 1.80. The van der Waals surface area contributed by atoms with Gasteiger partial charge >= 0.3 is 0 Å². The predicted octanol–water partition coefficient (Wildman–Crippen LogP) is 3.97. The van der Waals surface area contributed by atoms with Crippen molar-refractivity contribution >= 4 is 28.3 Å². The molecule has 0 bridgehead atoms. The molecule has 0 aliphatic rings. The Hall–Kier alpha value is -0.870. The number of methoxy groups -OCH3 is 1. The van der Waals surface area contributed by atoms with Crippen molar-refractivity contribution in [3.8, 4) is 5.75 Å². The molecule has 5 heteroatoms. The van der Waals surface area contributed by atoms with Crippen molar-refractivity contribution in [3.05, 3.63) is 29.8 Å². The third-order valence-corrected chi connectivity index (χ3v) is 4.39. The Bertz CT molecular complexity index is 478. The lowest BCUT2D eigenvalue weighted by Gasteiger charge is -2.15. The van der Waals surface area contributed by atoms with Crippen LogP contribution in [-0.4, -0.2) is 27.7 Å². The molecule has 1 aromatic rings. The number of rotatable bonds is 6. The second-order valence-corrected chi connectivity index (χ2v) is 7.70. The van der Waals surface area contributed by atoms with E-state index in [1.54, 1.807) is 7.11 Å². The highest BCUT2D eigenvalue weighted by Gasteiger charge is 2.20. The lowest BCUT2D eigenvalue weighted by molar-refractivity contribution is 0.415. The molecule has 0 saturated heterocycles. The molecule has 0 aliphatic carbocycles. The molecule has 20 heavy (non-hydrogen) atoms. The molecule has 0 heterocycles. The average Bonchev–Trinajstić information content (AvgIpc) is 2.42. The van der Waals surface area contributed by atoms with E-state index < -0.39 is 11.0 Å². The average molecular weight is 316 g/mol. The van der Waals surface area contributed by atoms with Crippen LogP contribution in [0.4, 0.5) is 0 Å². The van der Waals surface area contributed by atoms with Crippen LogP contribution in [0.3, 0.4) is 0 Å². The summed E-state index contributed by atoms with van der Waals surface area (Å²) in [6, 6.07) is 7.63. The summed E-state index contributed by atoms with van der Waals surface area (Å²) in [5.74, 6) is 1.36. The van der Waals surface area contributed by atoms with Crippen molar-refractivity contribution in [1.29, 1.82) is 0 Å². The van der Waals surface area contributed by atoms with Gasteiger partial charge < -0.3 is 4.74 Å². The summed E-state index contributed by atoms with van der Waals surface area (Å²) in [4.78, 5) is 0. The summed E-state index contributed by atoms with van der Waals surface area (Å²) in [6.45, 7) is 5.75. The number of alkyl halides is 1. The van der Waals surface area contributed by atoms with Crippen LogP contribution in [0.2, 0.25) is 0 Å². The third kappa shape index (κ3) is 5.25. The molecule has 1 atom stereocenters. The SMILES string of the molecule is COc1ccc(/C(CCCCl)=N/S(=O)C(C)(C)C)cc1. The molecule has 0 fully saturated rings. The van der Waals surface area contributed by atoms with E-state index in [1.165, 1.54) is 0 Å². The molecule has 3 nitrogen and oxygen atoms in total. The fraction of sp³-hybridized carbons (Fsp3) is 0.533. The van der Waals surface area contributed by atoms with Crippen molar-refractivity contribution in [2.45, 2.75) is 38.4 Å². The summed E-state index contributed by atoms with van der Waals surface area (Å²) < 4.78 is 21.4. The highest BCUT2D eigenvalue weighted by Crippen LogP contribution is 2.18. The number of halogens is 1. The van der Waals surface area contributed by atoms with E-state index >= 15 is 0 Å². The maximum atomic E-state index is 12.2. The second-order valence-electron chi connectivity index (χ2n) is 5.42. The number of benzene rings is 1. The van der Waals surface area contributed by atoms with Crippen LogP contribution in [0.5, 0.6) is 5.75 Å². The first-order valence-corrected chi connectivity index (χ1v) is 8.22. The predicted molar refractivity (Wildman–Crippen MR) is 87.4 cm³/mol. The standard InChI is InChI=1S/C15H22ClNO2S/c1-15(2,3)20(18)17-14(6-5-11-16)12-7-9-13(19-4)10-8-12/h7-10H,5-6,11H2,1-4H3/b17-14+. The lowest BCUT2D eigenvalue weighted by atomic mass is 10.1. The molecule has 0 spiro atoms. The van der Waals surface area contributed by atoms with Crippen LogP contribution >= 0.6 is 11.6 Å². The van der Waals surface area contributed by atoms with Crippen LogP contribution in [0.25, 0.3) is 0 Å². The Morgan fingerprint density at radius 2 is 1.90 bits per heavy atom. The van der Waals surface area contributed by atoms with E-state index in [0.717, 1.165) is 29.9 Å². The van der Waals surface area contributed by atoms with Gasteiger partial charge in [-0.15, -0.1) is 11.6 Å². The van der Waals surface area contributed by atoms with Crippen LogP contribution in [0.1, 0.15) is 39.2 Å². The van der Waals surface area contributed by atoms with E-state index in [4.69, 9.17) is 16.3 Å². The molecule has 0 saturated carbocycles. The van der Waals surface area contributed by atoms with Gasteiger partial charge in [-0.05, 0) is 63.4 Å². The van der Waals surface area contributed by atoms with Crippen molar-refractivity contribution in [2.75, 3.05) is 13.0 Å². The van der Waals surface area contributed by atoms with Gasteiger partial charge in [0.05, 0.1) is 17.6 Å². The molecule has 1 aromatic carbocycles. The Balaban J connectivity index is 3.04. The van der Waals surface area contributed by atoms with Gasteiger partial charge in [0.1, 0.15) is 16.7 Å². The van der Waals surface area contributed by atoms with E-state index in [9.17, 15) is 4.21 Å². The van der Waals surface area contributed by atoms with Gasteiger partial charge in [-0.1, -0.05) is 0 Å². The first-order chi connectivity index (χ1) is 9.38. The fourth-order valence-electron chi connectivity index (χ4n) is 1.50. The Kier molecular flexibility index (Phi) is 6.69. The highest BCUT2D eigenvalue weighted by molar-refractivity contribution is 7.85.